The summed E-state index contributed by atoms with van der Waals surface area (Å²) < 4.78 is 0. The molecule has 1 fully saturated rings. The molecule has 3 N–H and O–H groups in total. The molecule has 0 aliphatic carbocycles. The summed E-state index contributed by atoms with van der Waals surface area (Å²) >= 11 is 0. The van der Waals surface area contributed by atoms with Gasteiger partial charge in [0.05, 0.1) is 0 Å². The van der Waals surface area contributed by atoms with E-state index in [1.807, 2.05) is 0 Å². The molecule has 6 nitrogen and oxygen atoms in total. The van der Waals surface area contributed by atoms with E-state index in [-0.39, 0.29) is 24.8 Å². The molecule has 84 valence electrons. The normalized spacial score (nSPS) is 19.1. The highest BCUT2D eigenvalue weighted by molar-refractivity contribution is 5.97. The highest BCUT2D eigenvalue weighted by Crippen LogP contribution is 2.12. The van der Waals surface area contributed by atoms with Crippen LogP contribution in [0.2, 0.25) is 0 Å². The van der Waals surface area contributed by atoms with Crippen molar-refractivity contribution in [2.75, 3.05) is 6.54 Å². The maximum Gasteiger partial charge on any atom is 0.320 e. The van der Waals surface area contributed by atoms with Crippen LogP contribution in [0.15, 0.2) is 0 Å². The Hall–Kier alpha value is -1.43. The van der Waals surface area contributed by atoms with Gasteiger partial charge >= 0.3 is 5.97 Å². The number of piperidine rings is 1. The predicted octanol–water partition coefficient (Wildman–Crippen LogP) is -0.673. The average molecular weight is 214 g/mol. The van der Waals surface area contributed by atoms with Gasteiger partial charge in [-0.2, -0.15) is 0 Å². The molecule has 0 aromatic rings. The van der Waals surface area contributed by atoms with E-state index in [1.54, 1.807) is 0 Å². The summed E-state index contributed by atoms with van der Waals surface area (Å²) in [5.41, 5.74) is 5.28. The first kappa shape index (κ1) is 11.6. The Kier molecular flexibility index (Phi) is 3.79. The minimum absolute atomic E-state index is 0.102. The van der Waals surface area contributed by atoms with E-state index in [4.69, 9.17) is 10.8 Å². The van der Waals surface area contributed by atoms with E-state index in [0.29, 0.717) is 19.3 Å². The third-order valence-corrected chi connectivity index (χ3v) is 2.36. The Morgan fingerprint density at radius 2 is 1.93 bits per heavy atom. The molecule has 2 amide bonds. The lowest BCUT2D eigenvalue weighted by Gasteiger charge is -2.25. The topological polar surface area (TPSA) is 101 Å². The second-order valence-corrected chi connectivity index (χ2v) is 3.53. The molecule has 0 bridgehead atoms. The van der Waals surface area contributed by atoms with Gasteiger partial charge in [0.15, 0.2) is 0 Å². The number of rotatable bonds is 4. The maximum absolute atomic E-state index is 11.3. The van der Waals surface area contributed by atoms with Crippen LogP contribution in [0, 0.1) is 0 Å². The van der Waals surface area contributed by atoms with E-state index in [9.17, 15) is 14.4 Å². The van der Waals surface area contributed by atoms with Crippen molar-refractivity contribution >= 4 is 17.8 Å². The lowest BCUT2D eigenvalue weighted by atomic mass is 10.1. The van der Waals surface area contributed by atoms with E-state index >= 15 is 0 Å². The van der Waals surface area contributed by atoms with Crippen LogP contribution in [0.1, 0.15) is 25.7 Å². The summed E-state index contributed by atoms with van der Waals surface area (Å²) in [6.45, 7) is 0.102. The second-order valence-electron chi connectivity index (χ2n) is 3.53. The van der Waals surface area contributed by atoms with E-state index in [0.717, 1.165) is 4.90 Å². The van der Waals surface area contributed by atoms with Crippen molar-refractivity contribution in [1.82, 2.24) is 4.90 Å². The minimum atomic E-state index is -1.12. The van der Waals surface area contributed by atoms with Crippen molar-refractivity contribution in [3.8, 4) is 0 Å². The lowest BCUT2D eigenvalue weighted by Crippen LogP contribution is -2.43. The van der Waals surface area contributed by atoms with E-state index in [2.05, 4.69) is 0 Å². The molecule has 15 heavy (non-hydrogen) atoms. The third kappa shape index (κ3) is 3.02. The minimum Gasteiger partial charge on any atom is -0.480 e. The van der Waals surface area contributed by atoms with Gasteiger partial charge in [-0.15, -0.1) is 0 Å². The quantitative estimate of drug-likeness (QED) is 0.604. The molecular formula is C9H14N2O4. The molecule has 6 heteroatoms. The van der Waals surface area contributed by atoms with Gasteiger partial charge < -0.3 is 10.8 Å². The Balaban J connectivity index is 2.45. The molecule has 1 atom stereocenters. The van der Waals surface area contributed by atoms with Crippen molar-refractivity contribution in [3.63, 3.8) is 0 Å². The first-order chi connectivity index (χ1) is 7.02. The first-order valence-corrected chi connectivity index (χ1v) is 4.84. The summed E-state index contributed by atoms with van der Waals surface area (Å²) in [4.78, 5) is 34.1. The van der Waals surface area contributed by atoms with E-state index in [1.165, 1.54) is 0 Å². The molecule has 0 aromatic heterocycles. The number of aliphatic carboxylic acids is 1. The number of imide groups is 1. The van der Waals surface area contributed by atoms with Gasteiger partial charge in [0.2, 0.25) is 11.8 Å². The molecule has 1 unspecified atom stereocenters. The fourth-order valence-electron chi connectivity index (χ4n) is 1.44. The lowest BCUT2D eigenvalue weighted by molar-refractivity contribution is -0.149. The van der Waals surface area contributed by atoms with Crippen LogP contribution >= 0.6 is 0 Å². The molecule has 1 saturated heterocycles. The molecule has 0 aromatic carbocycles. The zero-order valence-electron chi connectivity index (χ0n) is 8.31. The fourth-order valence-corrected chi connectivity index (χ4v) is 1.44. The van der Waals surface area contributed by atoms with Crippen LogP contribution in [0.5, 0.6) is 0 Å². The Morgan fingerprint density at radius 3 is 2.40 bits per heavy atom. The maximum atomic E-state index is 11.3. The van der Waals surface area contributed by atoms with Crippen LogP contribution in [-0.2, 0) is 14.4 Å². The average Bonchev–Trinajstić information content (AvgIpc) is 2.16. The standard InChI is InChI=1S/C9H14N2O4/c10-6(9(14)15)4-5-11-7(12)2-1-3-8(11)13/h6H,1-5,10H2,(H,14,15). The van der Waals surface area contributed by atoms with Crippen molar-refractivity contribution in [2.45, 2.75) is 31.7 Å². The number of carbonyl (C=O) groups is 3. The number of carboxylic acids is 1. The summed E-state index contributed by atoms with van der Waals surface area (Å²) in [6, 6.07) is -1.02. The predicted molar refractivity (Wildman–Crippen MR) is 50.8 cm³/mol. The van der Waals surface area contributed by atoms with Gasteiger partial charge in [0, 0.05) is 19.4 Å². The smallest absolute Gasteiger partial charge is 0.320 e. The first-order valence-electron chi connectivity index (χ1n) is 4.84. The molecule has 1 aliphatic rings. The van der Waals surface area contributed by atoms with Crippen LogP contribution < -0.4 is 5.73 Å². The van der Waals surface area contributed by atoms with Crippen LogP contribution in [0.3, 0.4) is 0 Å². The van der Waals surface area contributed by atoms with Crippen LogP contribution in [0.25, 0.3) is 0 Å². The number of amides is 2. The fraction of sp³-hybridized carbons (Fsp3) is 0.667. The Bertz CT molecular complexity index is 274. The Labute approximate surface area is 87.0 Å². The molecule has 0 radical (unpaired) electrons. The van der Waals surface area contributed by atoms with Crippen molar-refractivity contribution < 1.29 is 19.5 Å². The second kappa shape index (κ2) is 4.88. The third-order valence-electron chi connectivity index (χ3n) is 2.36. The zero-order chi connectivity index (χ0) is 11.4. The van der Waals surface area contributed by atoms with Gasteiger partial charge in [-0.3, -0.25) is 19.3 Å². The number of hydrogen-bond acceptors (Lipinski definition) is 4. The SMILES string of the molecule is NC(CCN1C(=O)CCCC1=O)C(=O)O. The molecule has 0 spiro atoms. The molecular weight excluding hydrogens is 200 g/mol. The van der Waals surface area contributed by atoms with Gasteiger partial charge in [-0.25, -0.2) is 0 Å². The monoisotopic (exact) mass is 214 g/mol. The number of likely N-dealkylation sites (tertiary alicyclic amines) is 1. The Morgan fingerprint density at radius 1 is 1.40 bits per heavy atom. The van der Waals surface area contributed by atoms with Gasteiger partial charge in [-0.05, 0) is 12.8 Å². The molecule has 1 heterocycles. The van der Waals surface area contributed by atoms with Gasteiger partial charge in [-0.1, -0.05) is 0 Å². The largest absolute Gasteiger partial charge is 0.480 e. The number of carboxylic acid groups (broad SMARTS) is 1. The summed E-state index contributed by atoms with van der Waals surface area (Å²) in [5.74, 6) is -1.58. The van der Waals surface area contributed by atoms with Crippen molar-refractivity contribution in [1.29, 1.82) is 0 Å². The molecule has 0 saturated carbocycles. The van der Waals surface area contributed by atoms with Crippen molar-refractivity contribution in [3.05, 3.63) is 0 Å². The summed E-state index contributed by atoms with van der Waals surface area (Å²) in [7, 11) is 0. The van der Waals surface area contributed by atoms with Gasteiger partial charge in [0.25, 0.3) is 0 Å². The summed E-state index contributed by atoms with van der Waals surface area (Å²) in [6.07, 6.45) is 1.40. The van der Waals surface area contributed by atoms with Gasteiger partial charge in [0.1, 0.15) is 6.04 Å². The number of carbonyl (C=O) groups excluding carboxylic acids is 2. The molecule has 1 aliphatic heterocycles. The number of hydrogen-bond donors (Lipinski definition) is 2. The molecule has 1 rings (SSSR count). The number of nitrogens with two attached hydrogens (primary N) is 1. The summed E-state index contributed by atoms with van der Waals surface area (Å²) in [5, 5.41) is 8.53. The number of nitrogens with zero attached hydrogens (tertiary/aromatic N) is 1. The van der Waals surface area contributed by atoms with Crippen LogP contribution in [-0.4, -0.2) is 40.4 Å². The highest BCUT2D eigenvalue weighted by atomic mass is 16.4. The zero-order valence-corrected chi connectivity index (χ0v) is 8.31. The van der Waals surface area contributed by atoms with Crippen molar-refractivity contribution in [2.24, 2.45) is 5.73 Å². The highest BCUT2D eigenvalue weighted by Gasteiger charge is 2.26. The van der Waals surface area contributed by atoms with E-state index < -0.39 is 12.0 Å². The van der Waals surface area contributed by atoms with Crippen LogP contribution in [0.4, 0.5) is 0 Å².